The summed E-state index contributed by atoms with van der Waals surface area (Å²) in [6.07, 6.45) is 0. The van der Waals surface area contributed by atoms with E-state index in [0.717, 1.165) is 32.8 Å². The zero-order valence-corrected chi connectivity index (χ0v) is 15.0. The number of fused-ring (bicyclic) bond motifs is 2. The van der Waals surface area contributed by atoms with Crippen LogP contribution in [0.15, 0.2) is 36.4 Å². The first-order valence-electron chi connectivity index (χ1n) is 8.71. The molecule has 0 atom stereocenters. The molecular weight excluding hydrogens is 352 g/mol. The topological polar surface area (TPSA) is 58.6 Å². The molecule has 0 bridgehead atoms. The predicted octanol–water partition coefficient (Wildman–Crippen LogP) is 2.86. The predicted molar refractivity (Wildman–Crippen MR) is 101 cm³/mol. The Morgan fingerprint density at radius 1 is 0.962 bits per heavy atom. The number of benzene rings is 2. The summed E-state index contributed by atoms with van der Waals surface area (Å²) in [6, 6.07) is 10.3. The molecule has 2 aromatic rings. The van der Waals surface area contributed by atoms with Gasteiger partial charge in [-0.15, -0.1) is 0 Å². The van der Waals surface area contributed by atoms with E-state index in [0.29, 0.717) is 39.5 Å². The molecule has 2 aliphatic rings. The van der Waals surface area contributed by atoms with Gasteiger partial charge in [0.2, 0.25) is 0 Å². The van der Waals surface area contributed by atoms with Crippen molar-refractivity contribution < 1.29 is 14.3 Å². The Labute approximate surface area is 156 Å². The number of carbonyl (C=O) groups excluding carboxylic acids is 2. The summed E-state index contributed by atoms with van der Waals surface area (Å²) in [5.74, 6) is -0.358. The van der Waals surface area contributed by atoms with Crippen molar-refractivity contribution in [3.8, 4) is 0 Å². The first-order chi connectivity index (χ1) is 12.7. The number of morpholine rings is 1. The van der Waals surface area contributed by atoms with Gasteiger partial charge in [-0.1, -0.05) is 35.9 Å². The van der Waals surface area contributed by atoms with Crippen LogP contribution in [0, 0.1) is 0 Å². The lowest BCUT2D eigenvalue weighted by Crippen LogP contribution is -2.39. The maximum Gasteiger partial charge on any atom is 0.196 e. The van der Waals surface area contributed by atoms with E-state index in [1.807, 2.05) is 6.07 Å². The Bertz CT molecular complexity index is 875. The molecule has 26 heavy (non-hydrogen) atoms. The second-order valence-electron chi connectivity index (χ2n) is 6.43. The van der Waals surface area contributed by atoms with Crippen molar-refractivity contribution in [1.82, 2.24) is 4.90 Å². The van der Waals surface area contributed by atoms with Crippen LogP contribution in [-0.4, -0.2) is 55.9 Å². The van der Waals surface area contributed by atoms with E-state index in [1.54, 1.807) is 30.3 Å². The molecule has 6 heteroatoms. The molecule has 0 aromatic heterocycles. The van der Waals surface area contributed by atoms with Gasteiger partial charge in [-0.3, -0.25) is 14.5 Å². The fourth-order valence-corrected chi connectivity index (χ4v) is 3.78. The number of halogens is 1. The molecule has 4 rings (SSSR count). The molecule has 0 amide bonds. The van der Waals surface area contributed by atoms with E-state index in [4.69, 9.17) is 16.3 Å². The summed E-state index contributed by atoms with van der Waals surface area (Å²) in [5, 5.41) is 3.64. The Balaban J connectivity index is 1.59. The van der Waals surface area contributed by atoms with Crippen molar-refractivity contribution in [2.75, 3.05) is 44.7 Å². The molecule has 1 aliphatic carbocycles. The molecular formula is C20H19ClN2O3. The zero-order chi connectivity index (χ0) is 18.1. The molecule has 1 N–H and O–H groups in total. The molecule has 0 spiro atoms. The average Bonchev–Trinajstić information content (AvgIpc) is 2.67. The van der Waals surface area contributed by atoms with Crippen LogP contribution in [0.4, 0.5) is 5.69 Å². The quantitative estimate of drug-likeness (QED) is 0.765. The third kappa shape index (κ3) is 3.03. The van der Waals surface area contributed by atoms with E-state index < -0.39 is 0 Å². The number of ketones is 2. The van der Waals surface area contributed by atoms with Gasteiger partial charge < -0.3 is 10.1 Å². The second-order valence-corrected chi connectivity index (χ2v) is 6.84. The number of anilines is 1. The Morgan fingerprint density at radius 2 is 1.62 bits per heavy atom. The normalized spacial score (nSPS) is 17.0. The number of nitrogens with one attached hydrogen (secondary N) is 1. The first-order valence-corrected chi connectivity index (χ1v) is 9.09. The maximum absolute atomic E-state index is 13.0. The Morgan fingerprint density at radius 3 is 2.38 bits per heavy atom. The molecule has 1 fully saturated rings. The van der Waals surface area contributed by atoms with Crippen LogP contribution >= 0.6 is 11.6 Å². The van der Waals surface area contributed by atoms with Crippen molar-refractivity contribution in [2.45, 2.75) is 0 Å². The molecule has 1 heterocycles. The van der Waals surface area contributed by atoms with Gasteiger partial charge in [0, 0.05) is 43.0 Å². The van der Waals surface area contributed by atoms with Crippen LogP contribution < -0.4 is 5.32 Å². The molecule has 134 valence electrons. The Kier molecular flexibility index (Phi) is 4.76. The number of hydrogen-bond donors (Lipinski definition) is 1. The number of carbonyl (C=O) groups is 2. The minimum Gasteiger partial charge on any atom is -0.383 e. The summed E-state index contributed by atoms with van der Waals surface area (Å²) in [6.45, 7) is 4.89. The molecule has 1 saturated heterocycles. The van der Waals surface area contributed by atoms with Crippen LogP contribution in [0.1, 0.15) is 31.8 Å². The standard InChI is InChI=1S/C20H19ClN2O3/c21-15-5-1-3-13-17(15)19(24)14-4-2-6-16(18(14)20(13)25)22-7-8-23-9-11-26-12-10-23/h1-6,22H,7-12H2. The van der Waals surface area contributed by atoms with Gasteiger partial charge in [0.25, 0.3) is 0 Å². The summed E-state index contributed by atoms with van der Waals surface area (Å²) in [5.41, 5.74) is 2.22. The van der Waals surface area contributed by atoms with Crippen LogP contribution in [0.2, 0.25) is 5.02 Å². The monoisotopic (exact) mass is 370 g/mol. The highest BCUT2D eigenvalue weighted by Gasteiger charge is 2.33. The van der Waals surface area contributed by atoms with Crippen molar-refractivity contribution in [3.63, 3.8) is 0 Å². The van der Waals surface area contributed by atoms with E-state index >= 15 is 0 Å². The summed E-state index contributed by atoms with van der Waals surface area (Å²) in [7, 11) is 0. The van der Waals surface area contributed by atoms with Crippen LogP contribution in [0.25, 0.3) is 0 Å². The smallest absolute Gasteiger partial charge is 0.196 e. The molecule has 0 saturated carbocycles. The van der Waals surface area contributed by atoms with Crippen LogP contribution in [0.5, 0.6) is 0 Å². The van der Waals surface area contributed by atoms with Gasteiger partial charge in [0.1, 0.15) is 0 Å². The third-order valence-corrected chi connectivity index (χ3v) is 5.18. The van der Waals surface area contributed by atoms with Gasteiger partial charge in [-0.2, -0.15) is 0 Å². The highest BCUT2D eigenvalue weighted by atomic mass is 35.5. The van der Waals surface area contributed by atoms with Crippen molar-refractivity contribution >= 4 is 28.9 Å². The molecule has 5 nitrogen and oxygen atoms in total. The number of hydrogen-bond acceptors (Lipinski definition) is 5. The summed E-state index contributed by atoms with van der Waals surface area (Å²) < 4.78 is 5.35. The highest BCUT2D eigenvalue weighted by Crippen LogP contribution is 2.34. The fourth-order valence-electron chi connectivity index (χ4n) is 3.52. The van der Waals surface area contributed by atoms with E-state index in [1.165, 1.54) is 0 Å². The third-order valence-electron chi connectivity index (χ3n) is 4.87. The zero-order valence-electron chi connectivity index (χ0n) is 14.3. The van der Waals surface area contributed by atoms with Crippen molar-refractivity contribution in [3.05, 3.63) is 63.7 Å². The molecule has 1 aliphatic heterocycles. The first kappa shape index (κ1) is 17.2. The van der Waals surface area contributed by atoms with Gasteiger partial charge >= 0.3 is 0 Å². The van der Waals surface area contributed by atoms with Crippen molar-refractivity contribution in [2.24, 2.45) is 0 Å². The highest BCUT2D eigenvalue weighted by molar-refractivity contribution is 6.39. The lowest BCUT2D eigenvalue weighted by Gasteiger charge is -2.27. The fraction of sp³-hybridized carbons (Fsp3) is 0.300. The minimum atomic E-state index is -0.197. The second kappa shape index (κ2) is 7.19. The number of rotatable bonds is 4. The van der Waals surface area contributed by atoms with Crippen molar-refractivity contribution in [1.29, 1.82) is 0 Å². The van der Waals surface area contributed by atoms with Gasteiger partial charge in [0.05, 0.1) is 29.4 Å². The van der Waals surface area contributed by atoms with Crippen LogP contribution in [0.3, 0.4) is 0 Å². The number of ether oxygens (including phenoxy) is 1. The van der Waals surface area contributed by atoms with Gasteiger partial charge in [-0.05, 0) is 12.1 Å². The molecule has 2 aromatic carbocycles. The maximum atomic E-state index is 13.0. The Hall–Kier alpha value is -2.21. The average molecular weight is 371 g/mol. The van der Waals surface area contributed by atoms with Gasteiger partial charge in [-0.25, -0.2) is 0 Å². The summed E-state index contributed by atoms with van der Waals surface area (Å²) >= 11 is 6.17. The molecule has 0 radical (unpaired) electrons. The largest absolute Gasteiger partial charge is 0.383 e. The number of nitrogens with zero attached hydrogens (tertiary/aromatic N) is 1. The minimum absolute atomic E-state index is 0.161. The lowest BCUT2D eigenvalue weighted by atomic mass is 9.83. The van der Waals surface area contributed by atoms with E-state index in [2.05, 4.69) is 10.2 Å². The van der Waals surface area contributed by atoms with E-state index in [9.17, 15) is 9.59 Å². The van der Waals surface area contributed by atoms with E-state index in [-0.39, 0.29) is 11.6 Å². The lowest BCUT2D eigenvalue weighted by molar-refractivity contribution is 0.0398. The summed E-state index contributed by atoms with van der Waals surface area (Å²) in [4.78, 5) is 28.2. The SMILES string of the molecule is O=C1c2cccc(NCCN3CCOCC3)c2C(=O)c2cccc(Cl)c21. The van der Waals surface area contributed by atoms with Gasteiger partial charge in [0.15, 0.2) is 11.6 Å². The van der Waals surface area contributed by atoms with Crippen LogP contribution in [-0.2, 0) is 4.74 Å². The molecule has 0 unspecified atom stereocenters.